The maximum absolute atomic E-state index is 6.11. The van der Waals surface area contributed by atoms with Crippen LogP contribution in [0.25, 0.3) is 0 Å². The number of ether oxygens (including phenoxy) is 1. The number of aromatic nitrogens is 2. The zero-order valence-corrected chi connectivity index (χ0v) is 12.9. The zero-order valence-electron chi connectivity index (χ0n) is 12.9. The van der Waals surface area contributed by atoms with Crippen molar-refractivity contribution in [2.45, 2.75) is 59.1 Å². The Labute approximate surface area is 121 Å². The van der Waals surface area contributed by atoms with Crippen molar-refractivity contribution in [2.24, 2.45) is 11.8 Å². The first-order chi connectivity index (χ1) is 9.52. The van der Waals surface area contributed by atoms with E-state index in [1.807, 2.05) is 13.8 Å². The Morgan fingerprint density at radius 2 is 2.15 bits per heavy atom. The smallest absolute Gasteiger partial charge is 0.242 e. The van der Waals surface area contributed by atoms with E-state index in [9.17, 15) is 0 Å². The molecule has 20 heavy (non-hydrogen) atoms. The van der Waals surface area contributed by atoms with Crippen molar-refractivity contribution in [1.82, 2.24) is 9.97 Å². The molecule has 3 unspecified atom stereocenters. The monoisotopic (exact) mass is 278 g/mol. The number of nitrogens with zero attached hydrogens (tertiary/aromatic N) is 2. The van der Waals surface area contributed by atoms with Gasteiger partial charge in [0, 0.05) is 6.04 Å². The maximum atomic E-state index is 6.11. The number of hydrogen-bond donors (Lipinski definition) is 2. The molecule has 1 aliphatic carbocycles. The summed E-state index contributed by atoms with van der Waals surface area (Å²) in [5.74, 6) is 2.60. The molecule has 0 aliphatic heterocycles. The van der Waals surface area contributed by atoms with Crippen LogP contribution in [0.1, 0.15) is 47.0 Å². The number of hydrogen-bond acceptors (Lipinski definition) is 5. The van der Waals surface area contributed by atoms with Crippen LogP contribution in [-0.2, 0) is 0 Å². The van der Waals surface area contributed by atoms with Gasteiger partial charge in [0.2, 0.25) is 5.88 Å². The van der Waals surface area contributed by atoms with Gasteiger partial charge in [0.25, 0.3) is 0 Å². The Bertz CT molecular complexity index is 449. The zero-order chi connectivity index (χ0) is 14.7. The number of nitrogens with one attached hydrogen (secondary N) is 1. The van der Waals surface area contributed by atoms with E-state index in [2.05, 4.69) is 29.1 Å². The molecule has 0 amide bonds. The average molecular weight is 278 g/mol. The summed E-state index contributed by atoms with van der Waals surface area (Å²) in [6, 6.07) is 0.434. The summed E-state index contributed by atoms with van der Waals surface area (Å²) in [5, 5.41) is 3.48. The van der Waals surface area contributed by atoms with Crippen LogP contribution < -0.4 is 15.8 Å². The predicted molar refractivity (Wildman–Crippen MR) is 81.8 cm³/mol. The molecular weight excluding hydrogens is 252 g/mol. The van der Waals surface area contributed by atoms with Gasteiger partial charge in [-0.25, -0.2) is 4.98 Å². The van der Waals surface area contributed by atoms with Crippen LogP contribution in [0, 0.1) is 11.8 Å². The Balaban J connectivity index is 2.10. The third-order valence-corrected chi connectivity index (χ3v) is 4.27. The quantitative estimate of drug-likeness (QED) is 0.866. The maximum Gasteiger partial charge on any atom is 0.242 e. The Morgan fingerprint density at radius 3 is 2.75 bits per heavy atom. The van der Waals surface area contributed by atoms with Gasteiger partial charge in [0.15, 0.2) is 5.82 Å². The van der Waals surface area contributed by atoms with E-state index in [0.717, 1.165) is 5.92 Å². The molecule has 3 atom stereocenters. The van der Waals surface area contributed by atoms with Crippen LogP contribution in [0.3, 0.4) is 0 Å². The molecule has 1 aromatic rings. The Kier molecular flexibility index (Phi) is 4.68. The molecule has 1 saturated carbocycles. The second-order valence-corrected chi connectivity index (χ2v) is 5.96. The van der Waals surface area contributed by atoms with Crippen molar-refractivity contribution < 1.29 is 4.74 Å². The lowest BCUT2D eigenvalue weighted by Gasteiger charge is -2.22. The summed E-state index contributed by atoms with van der Waals surface area (Å²) in [7, 11) is 0. The van der Waals surface area contributed by atoms with Crippen LogP contribution in [0.2, 0.25) is 0 Å². The van der Waals surface area contributed by atoms with Gasteiger partial charge in [0.1, 0.15) is 12.0 Å². The lowest BCUT2D eigenvalue weighted by Crippen LogP contribution is -2.26. The van der Waals surface area contributed by atoms with E-state index in [1.54, 1.807) is 0 Å². The van der Waals surface area contributed by atoms with Gasteiger partial charge in [-0.05, 0) is 38.5 Å². The van der Waals surface area contributed by atoms with Gasteiger partial charge < -0.3 is 15.8 Å². The summed E-state index contributed by atoms with van der Waals surface area (Å²) >= 11 is 0. The molecule has 5 nitrogen and oxygen atoms in total. The van der Waals surface area contributed by atoms with E-state index >= 15 is 0 Å². The Morgan fingerprint density at radius 1 is 1.40 bits per heavy atom. The fourth-order valence-corrected chi connectivity index (χ4v) is 3.01. The first-order valence-corrected chi connectivity index (χ1v) is 7.56. The lowest BCUT2D eigenvalue weighted by molar-refractivity contribution is 0.234. The van der Waals surface area contributed by atoms with Crippen molar-refractivity contribution in [3.05, 3.63) is 6.33 Å². The highest BCUT2D eigenvalue weighted by atomic mass is 16.5. The molecule has 1 aliphatic rings. The minimum absolute atomic E-state index is 0.0509. The van der Waals surface area contributed by atoms with Crippen molar-refractivity contribution >= 4 is 11.5 Å². The topological polar surface area (TPSA) is 73.1 Å². The molecule has 112 valence electrons. The summed E-state index contributed by atoms with van der Waals surface area (Å²) in [6.07, 6.45) is 5.24. The van der Waals surface area contributed by atoms with Crippen LogP contribution in [0.5, 0.6) is 5.88 Å². The second kappa shape index (κ2) is 6.29. The van der Waals surface area contributed by atoms with E-state index in [1.165, 1.54) is 25.6 Å². The highest BCUT2D eigenvalue weighted by molar-refractivity contribution is 5.66. The van der Waals surface area contributed by atoms with E-state index in [0.29, 0.717) is 29.3 Å². The van der Waals surface area contributed by atoms with Crippen molar-refractivity contribution in [3.8, 4) is 5.88 Å². The van der Waals surface area contributed by atoms with Gasteiger partial charge in [-0.15, -0.1) is 0 Å². The van der Waals surface area contributed by atoms with Crippen LogP contribution in [0.15, 0.2) is 6.33 Å². The molecule has 1 heterocycles. The highest BCUT2D eigenvalue weighted by Crippen LogP contribution is 2.37. The third kappa shape index (κ3) is 3.14. The molecule has 5 heteroatoms. The van der Waals surface area contributed by atoms with Crippen LogP contribution >= 0.6 is 0 Å². The molecule has 1 fully saturated rings. The average Bonchev–Trinajstić information content (AvgIpc) is 2.75. The minimum atomic E-state index is 0.0509. The van der Waals surface area contributed by atoms with Crippen molar-refractivity contribution in [2.75, 3.05) is 11.1 Å². The van der Waals surface area contributed by atoms with Gasteiger partial charge in [-0.1, -0.05) is 20.3 Å². The van der Waals surface area contributed by atoms with Crippen molar-refractivity contribution in [1.29, 1.82) is 0 Å². The van der Waals surface area contributed by atoms with E-state index in [4.69, 9.17) is 10.5 Å². The number of anilines is 2. The fraction of sp³-hybridized carbons (Fsp3) is 0.733. The first-order valence-electron chi connectivity index (χ1n) is 7.56. The van der Waals surface area contributed by atoms with Gasteiger partial charge >= 0.3 is 0 Å². The normalized spacial score (nSPS) is 25.9. The molecule has 3 N–H and O–H groups in total. The largest absolute Gasteiger partial charge is 0.473 e. The fourth-order valence-electron chi connectivity index (χ4n) is 3.01. The number of rotatable bonds is 5. The van der Waals surface area contributed by atoms with Gasteiger partial charge in [-0.2, -0.15) is 4.98 Å². The van der Waals surface area contributed by atoms with Gasteiger partial charge in [-0.3, -0.25) is 0 Å². The highest BCUT2D eigenvalue weighted by Gasteiger charge is 2.32. The first kappa shape index (κ1) is 14.9. The summed E-state index contributed by atoms with van der Waals surface area (Å²) in [5.41, 5.74) is 6.62. The SMILES string of the molecule is CCC1CCC(Nc2ncnc(OC(C)C)c2N)C1C. The summed E-state index contributed by atoms with van der Waals surface area (Å²) in [4.78, 5) is 8.37. The number of nitrogen functional groups attached to an aromatic ring is 1. The molecule has 1 aromatic heterocycles. The second-order valence-electron chi connectivity index (χ2n) is 5.96. The standard InChI is InChI=1S/C15H26N4O/c1-5-11-6-7-12(10(11)4)19-14-13(16)15(18-8-17-14)20-9(2)3/h8-12H,5-7,16H2,1-4H3,(H,17,18,19). The minimum Gasteiger partial charge on any atom is -0.473 e. The van der Waals surface area contributed by atoms with Crippen molar-refractivity contribution in [3.63, 3.8) is 0 Å². The molecule has 0 aromatic carbocycles. The molecule has 2 rings (SSSR count). The lowest BCUT2D eigenvalue weighted by atomic mass is 9.93. The molecule has 0 bridgehead atoms. The Hall–Kier alpha value is -1.52. The van der Waals surface area contributed by atoms with E-state index < -0.39 is 0 Å². The molecule has 0 spiro atoms. The number of nitrogens with two attached hydrogens (primary N) is 1. The van der Waals surface area contributed by atoms with Gasteiger partial charge in [0.05, 0.1) is 6.10 Å². The third-order valence-electron chi connectivity index (χ3n) is 4.27. The summed E-state index contributed by atoms with van der Waals surface area (Å²) in [6.45, 7) is 8.48. The molecular formula is C15H26N4O. The van der Waals surface area contributed by atoms with Crippen LogP contribution in [0.4, 0.5) is 11.5 Å². The molecule has 0 saturated heterocycles. The van der Waals surface area contributed by atoms with Crippen LogP contribution in [-0.4, -0.2) is 22.1 Å². The van der Waals surface area contributed by atoms with E-state index in [-0.39, 0.29) is 6.10 Å². The summed E-state index contributed by atoms with van der Waals surface area (Å²) < 4.78 is 5.60. The molecule has 0 radical (unpaired) electrons. The predicted octanol–water partition coefficient (Wildman–Crippen LogP) is 3.08.